The van der Waals surface area contributed by atoms with Gasteiger partial charge >= 0.3 is 0 Å². The highest BCUT2D eigenvalue weighted by Crippen LogP contribution is 2.35. The fourth-order valence-corrected chi connectivity index (χ4v) is 2.86. The lowest BCUT2D eigenvalue weighted by Crippen LogP contribution is -2.22. The molecule has 6 heteroatoms. The smallest absolute Gasteiger partial charge is 0.161 e. The average molecular weight is 354 g/mol. The zero-order chi connectivity index (χ0) is 15.4. The van der Waals surface area contributed by atoms with Crippen LogP contribution in [-0.2, 0) is 6.54 Å². The van der Waals surface area contributed by atoms with Gasteiger partial charge in [0.25, 0.3) is 0 Å². The van der Waals surface area contributed by atoms with Crippen LogP contribution in [0.25, 0.3) is 0 Å². The predicted octanol–water partition coefficient (Wildman–Crippen LogP) is 2.99. The summed E-state index contributed by atoms with van der Waals surface area (Å²) >= 11 is 3.61. The molecular weight excluding hydrogens is 334 g/mol. The maximum atomic E-state index is 5.46. The number of nitrogens with zero attached hydrogens (tertiary/aromatic N) is 2. The molecule has 1 N–H and O–H groups in total. The first-order chi connectivity index (χ1) is 10.2. The number of hydrogen-bond donors (Lipinski definition) is 1. The van der Waals surface area contributed by atoms with E-state index in [2.05, 4.69) is 33.3 Å². The first kappa shape index (κ1) is 15.9. The Morgan fingerprint density at radius 1 is 1.33 bits per heavy atom. The van der Waals surface area contributed by atoms with Gasteiger partial charge in [0.05, 0.1) is 26.5 Å². The lowest BCUT2D eigenvalue weighted by Gasteiger charge is -2.21. The van der Waals surface area contributed by atoms with E-state index in [1.165, 1.54) is 0 Å². The lowest BCUT2D eigenvalue weighted by molar-refractivity contribution is 0.399. The van der Waals surface area contributed by atoms with Gasteiger partial charge in [0, 0.05) is 11.0 Å². The Hall–Kier alpha value is -1.53. The average Bonchev–Trinajstić information content (AvgIpc) is 2.92. The number of halogens is 1. The summed E-state index contributed by atoms with van der Waals surface area (Å²) in [5.41, 5.74) is 2.07. The van der Waals surface area contributed by atoms with Crippen molar-refractivity contribution in [2.75, 3.05) is 21.3 Å². The Labute approximate surface area is 133 Å². The minimum absolute atomic E-state index is 0.0492. The van der Waals surface area contributed by atoms with Gasteiger partial charge in [-0.05, 0) is 37.7 Å². The van der Waals surface area contributed by atoms with Gasteiger partial charge in [0.15, 0.2) is 5.75 Å². The van der Waals surface area contributed by atoms with E-state index in [-0.39, 0.29) is 6.04 Å². The van der Waals surface area contributed by atoms with Crippen LogP contribution in [0.4, 0.5) is 0 Å². The van der Waals surface area contributed by atoms with E-state index in [0.29, 0.717) is 0 Å². The van der Waals surface area contributed by atoms with Crippen molar-refractivity contribution in [3.05, 3.63) is 40.1 Å². The molecule has 114 valence electrons. The molecule has 21 heavy (non-hydrogen) atoms. The standard InChI is InChI=1S/C15H20BrN3O2/c1-5-19-15(13(21-4)9-18-19)14(17-2)11-8-10(20-3)6-7-12(11)16/h6-9,14,17H,5H2,1-4H3. The SMILES string of the molecule is CCn1ncc(OC)c1C(NC)c1cc(OC)ccc1Br. The van der Waals surface area contributed by atoms with Crippen LogP contribution < -0.4 is 14.8 Å². The summed E-state index contributed by atoms with van der Waals surface area (Å²) in [6.45, 7) is 2.84. The highest BCUT2D eigenvalue weighted by Gasteiger charge is 2.24. The van der Waals surface area contributed by atoms with Crippen LogP contribution in [0, 0.1) is 0 Å². The third kappa shape index (κ3) is 3.06. The van der Waals surface area contributed by atoms with Crippen molar-refractivity contribution < 1.29 is 9.47 Å². The third-order valence-corrected chi connectivity index (χ3v) is 4.16. The number of rotatable bonds is 6. The minimum atomic E-state index is -0.0492. The molecule has 0 spiro atoms. The van der Waals surface area contributed by atoms with Crippen LogP contribution in [0.2, 0.25) is 0 Å². The van der Waals surface area contributed by atoms with Crippen LogP contribution in [-0.4, -0.2) is 31.0 Å². The highest BCUT2D eigenvalue weighted by molar-refractivity contribution is 9.10. The summed E-state index contributed by atoms with van der Waals surface area (Å²) in [6, 6.07) is 5.87. The summed E-state index contributed by atoms with van der Waals surface area (Å²) in [6.07, 6.45) is 1.75. The number of aryl methyl sites for hydroxylation is 1. The Kier molecular flexibility index (Phi) is 5.25. The second-order valence-corrected chi connectivity index (χ2v) is 5.38. The molecule has 2 rings (SSSR count). The minimum Gasteiger partial charge on any atom is -0.497 e. The summed E-state index contributed by atoms with van der Waals surface area (Å²) < 4.78 is 13.7. The van der Waals surface area contributed by atoms with Gasteiger partial charge in [-0.1, -0.05) is 15.9 Å². The van der Waals surface area contributed by atoms with Crippen LogP contribution in [0.15, 0.2) is 28.9 Å². The molecule has 0 saturated heterocycles. The van der Waals surface area contributed by atoms with Crippen molar-refractivity contribution in [3.63, 3.8) is 0 Å². The van der Waals surface area contributed by atoms with Crippen LogP contribution in [0.1, 0.15) is 24.2 Å². The summed E-state index contributed by atoms with van der Waals surface area (Å²) in [5, 5.41) is 7.71. The second kappa shape index (κ2) is 6.95. The molecule has 2 aromatic rings. The van der Waals surface area contributed by atoms with Gasteiger partial charge in [0.1, 0.15) is 11.4 Å². The van der Waals surface area contributed by atoms with Crippen molar-refractivity contribution in [3.8, 4) is 11.5 Å². The molecule has 1 unspecified atom stereocenters. The van der Waals surface area contributed by atoms with E-state index >= 15 is 0 Å². The van der Waals surface area contributed by atoms with Crippen molar-refractivity contribution in [1.82, 2.24) is 15.1 Å². The Morgan fingerprint density at radius 3 is 2.67 bits per heavy atom. The van der Waals surface area contributed by atoms with Crippen LogP contribution >= 0.6 is 15.9 Å². The van der Waals surface area contributed by atoms with Gasteiger partial charge in [-0.15, -0.1) is 0 Å². The van der Waals surface area contributed by atoms with Crippen molar-refractivity contribution in [1.29, 1.82) is 0 Å². The number of aromatic nitrogens is 2. The molecule has 1 atom stereocenters. The van der Waals surface area contributed by atoms with Crippen molar-refractivity contribution >= 4 is 15.9 Å². The molecule has 1 aromatic heterocycles. The molecular formula is C15H20BrN3O2. The number of methoxy groups -OCH3 is 2. The van der Waals surface area contributed by atoms with Gasteiger partial charge in [0.2, 0.25) is 0 Å². The molecule has 0 bridgehead atoms. The van der Waals surface area contributed by atoms with E-state index in [1.807, 2.05) is 29.9 Å². The molecule has 1 heterocycles. The molecule has 5 nitrogen and oxygen atoms in total. The van der Waals surface area contributed by atoms with Crippen LogP contribution in [0.5, 0.6) is 11.5 Å². The van der Waals surface area contributed by atoms with E-state index in [0.717, 1.165) is 33.8 Å². The summed E-state index contributed by atoms with van der Waals surface area (Å²) in [7, 11) is 5.25. The van der Waals surface area contributed by atoms with Gasteiger partial charge in [-0.2, -0.15) is 5.10 Å². The topological polar surface area (TPSA) is 48.3 Å². The van der Waals surface area contributed by atoms with Crippen molar-refractivity contribution in [2.24, 2.45) is 0 Å². The van der Waals surface area contributed by atoms with E-state index in [4.69, 9.17) is 9.47 Å². The van der Waals surface area contributed by atoms with Gasteiger partial charge < -0.3 is 14.8 Å². The first-order valence-electron chi connectivity index (χ1n) is 6.76. The summed E-state index contributed by atoms with van der Waals surface area (Å²) in [4.78, 5) is 0. The first-order valence-corrected chi connectivity index (χ1v) is 7.55. The quantitative estimate of drug-likeness (QED) is 0.867. The summed E-state index contributed by atoms with van der Waals surface area (Å²) in [5.74, 6) is 1.58. The maximum absolute atomic E-state index is 5.46. The van der Waals surface area contributed by atoms with Crippen LogP contribution in [0.3, 0.4) is 0 Å². The van der Waals surface area contributed by atoms with E-state index < -0.39 is 0 Å². The number of nitrogens with one attached hydrogen (secondary N) is 1. The Morgan fingerprint density at radius 2 is 2.10 bits per heavy atom. The number of ether oxygens (including phenoxy) is 2. The normalized spacial score (nSPS) is 12.2. The van der Waals surface area contributed by atoms with Gasteiger partial charge in [-0.25, -0.2) is 0 Å². The monoisotopic (exact) mass is 353 g/mol. The molecule has 0 fully saturated rings. The Balaban J connectivity index is 2.56. The molecule has 0 saturated carbocycles. The predicted molar refractivity (Wildman–Crippen MR) is 86.0 cm³/mol. The second-order valence-electron chi connectivity index (χ2n) is 4.52. The lowest BCUT2D eigenvalue weighted by atomic mass is 10.0. The molecule has 0 aliphatic heterocycles. The maximum Gasteiger partial charge on any atom is 0.161 e. The molecule has 1 aromatic carbocycles. The molecule has 0 aliphatic carbocycles. The highest BCUT2D eigenvalue weighted by atomic mass is 79.9. The number of benzene rings is 1. The zero-order valence-electron chi connectivity index (χ0n) is 12.7. The van der Waals surface area contributed by atoms with E-state index in [9.17, 15) is 0 Å². The largest absolute Gasteiger partial charge is 0.497 e. The number of hydrogen-bond acceptors (Lipinski definition) is 4. The third-order valence-electron chi connectivity index (χ3n) is 3.44. The van der Waals surface area contributed by atoms with Gasteiger partial charge in [-0.3, -0.25) is 4.68 Å². The molecule has 0 amide bonds. The zero-order valence-corrected chi connectivity index (χ0v) is 14.3. The Bertz CT molecular complexity index is 591. The van der Waals surface area contributed by atoms with E-state index in [1.54, 1.807) is 20.4 Å². The molecule has 0 aliphatic rings. The van der Waals surface area contributed by atoms with Crippen molar-refractivity contribution in [2.45, 2.75) is 19.5 Å². The fourth-order valence-electron chi connectivity index (χ4n) is 2.39. The molecule has 0 radical (unpaired) electrons. The fraction of sp³-hybridized carbons (Fsp3) is 0.400.